The highest BCUT2D eigenvalue weighted by Crippen LogP contribution is 2.25. The lowest BCUT2D eigenvalue weighted by Crippen LogP contribution is -2.26. The van der Waals surface area contributed by atoms with Gasteiger partial charge in [-0.25, -0.2) is 4.39 Å². The first-order valence-corrected chi connectivity index (χ1v) is 8.13. The fourth-order valence-corrected chi connectivity index (χ4v) is 2.61. The summed E-state index contributed by atoms with van der Waals surface area (Å²) in [4.78, 5) is 12.3. The highest BCUT2D eigenvalue weighted by atomic mass is 19.1. The lowest BCUT2D eigenvalue weighted by atomic mass is 10.1. The summed E-state index contributed by atoms with van der Waals surface area (Å²) in [5.41, 5.74) is 0.976. The predicted molar refractivity (Wildman–Crippen MR) is 89.9 cm³/mol. The van der Waals surface area contributed by atoms with Crippen LogP contribution in [0.25, 0.3) is 0 Å². The molecule has 3 rings (SSSR count). The zero-order chi connectivity index (χ0) is 16.8. The minimum Gasteiger partial charge on any atom is -0.489 e. The molecule has 0 radical (unpaired) electrons. The molecule has 1 unspecified atom stereocenters. The molecule has 0 spiro atoms. The number of halogens is 1. The Bertz CT molecular complexity index is 681. The molecule has 126 valence electrons. The van der Waals surface area contributed by atoms with Crippen LogP contribution in [0.4, 0.5) is 10.1 Å². The van der Waals surface area contributed by atoms with Gasteiger partial charge in [0.1, 0.15) is 18.2 Å². The van der Waals surface area contributed by atoms with Crippen LogP contribution in [0, 0.1) is 5.82 Å². The van der Waals surface area contributed by atoms with Gasteiger partial charge in [0.25, 0.3) is 5.91 Å². The van der Waals surface area contributed by atoms with Gasteiger partial charge < -0.3 is 14.8 Å². The van der Waals surface area contributed by atoms with Crippen LogP contribution in [0.1, 0.15) is 29.6 Å². The average molecular weight is 329 g/mol. The Kier molecular flexibility index (Phi) is 5.43. The van der Waals surface area contributed by atoms with Crippen LogP contribution in [-0.2, 0) is 4.74 Å². The van der Waals surface area contributed by atoms with Gasteiger partial charge in [-0.3, -0.25) is 4.79 Å². The normalized spacial score (nSPS) is 17.3. The van der Waals surface area contributed by atoms with Gasteiger partial charge in [0.15, 0.2) is 0 Å². The average Bonchev–Trinajstić information content (AvgIpc) is 2.62. The fraction of sp³-hybridized carbons (Fsp3) is 0.316. The van der Waals surface area contributed by atoms with Crippen molar-refractivity contribution in [3.8, 4) is 5.75 Å². The third kappa shape index (κ3) is 4.32. The van der Waals surface area contributed by atoms with Gasteiger partial charge in [-0.05, 0) is 55.7 Å². The molecule has 24 heavy (non-hydrogen) atoms. The van der Waals surface area contributed by atoms with Crippen LogP contribution < -0.4 is 10.1 Å². The molecule has 1 aliphatic heterocycles. The Morgan fingerprint density at radius 2 is 1.96 bits per heavy atom. The van der Waals surface area contributed by atoms with Crippen LogP contribution >= 0.6 is 0 Å². The zero-order valence-electron chi connectivity index (χ0n) is 13.3. The molecule has 1 N–H and O–H groups in total. The molecule has 2 aromatic carbocycles. The van der Waals surface area contributed by atoms with E-state index in [2.05, 4.69) is 5.32 Å². The standard InChI is InChI=1S/C19H20FNO3/c20-15-10-8-14(9-11-15)19(22)21-17-6-1-2-7-18(17)24-13-16-5-3-4-12-23-16/h1-2,6-11,16H,3-5,12-13H2,(H,21,22). The number of nitrogens with one attached hydrogen (secondary N) is 1. The van der Waals surface area contributed by atoms with E-state index in [1.165, 1.54) is 24.3 Å². The Morgan fingerprint density at radius 1 is 1.17 bits per heavy atom. The second kappa shape index (κ2) is 7.93. The van der Waals surface area contributed by atoms with Crippen molar-refractivity contribution < 1.29 is 18.7 Å². The lowest BCUT2D eigenvalue weighted by Gasteiger charge is -2.23. The number of ether oxygens (including phenoxy) is 2. The van der Waals surface area contributed by atoms with Gasteiger partial charge in [-0.15, -0.1) is 0 Å². The summed E-state index contributed by atoms with van der Waals surface area (Å²) in [7, 11) is 0. The molecule has 1 fully saturated rings. The first kappa shape index (κ1) is 16.5. The van der Waals surface area contributed by atoms with Crippen molar-refractivity contribution in [1.82, 2.24) is 0 Å². The summed E-state index contributed by atoms with van der Waals surface area (Å²) in [6.45, 7) is 1.24. The second-order valence-electron chi connectivity index (χ2n) is 5.76. The molecule has 4 nitrogen and oxygen atoms in total. The van der Waals surface area contributed by atoms with Crippen molar-refractivity contribution >= 4 is 11.6 Å². The third-order valence-corrected chi connectivity index (χ3v) is 3.94. The van der Waals surface area contributed by atoms with E-state index in [4.69, 9.17) is 9.47 Å². The molecule has 0 aromatic heterocycles. The van der Waals surface area contributed by atoms with E-state index in [0.717, 1.165) is 25.9 Å². The zero-order valence-corrected chi connectivity index (χ0v) is 13.3. The van der Waals surface area contributed by atoms with Crippen molar-refractivity contribution in [3.63, 3.8) is 0 Å². The molecule has 2 aromatic rings. The molecule has 1 aliphatic rings. The number of benzene rings is 2. The number of hydrogen-bond donors (Lipinski definition) is 1. The molecule has 1 amide bonds. The summed E-state index contributed by atoms with van der Waals surface area (Å²) < 4.78 is 24.4. The van der Waals surface area contributed by atoms with Crippen molar-refractivity contribution in [2.75, 3.05) is 18.5 Å². The minimum absolute atomic E-state index is 0.0969. The number of rotatable bonds is 5. The molecule has 1 atom stereocenters. The van der Waals surface area contributed by atoms with Crippen LogP contribution in [0.15, 0.2) is 48.5 Å². The maximum Gasteiger partial charge on any atom is 0.255 e. The van der Waals surface area contributed by atoms with Crippen LogP contribution in [0.2, 0.25) is 0 Å². The fourth-order valence-electron chi connectivity index (χ4n) is 2.61. The summed E-state index contributed by atoms with van der Waals surface area (Å²) in [6, 6.07) is 12.7. The largest absolute Gasteiger partial charge is 0.489 e. The Morgan fingerprint density at radius 3 is 2.71 bits per heavy atom. The van der Waals surface area contributed by atoms with Crippen LogP contribution in [-0.4, -0.2) is 25.2 Å². The first-order chi connectivity index (χ1) is 11.7. The van der Waals surface area contributed by atoms with Crippen LogP contribution in [0.3, 0.4) is 0 Å². The molecular weight excluding hydrogens is 309 g/mol. The molecule has 0 aliphatic carbocycles. The molecule has 5 heteroatoms. The molecule has 1 heterocycles. The summed E-state index contributed by atoms with van der Waals surface area (Å²) in [6.07, 6.45) is 3.33. The lowest BCUT2D eigenvalue weighted by molar-refractivity contribution is -0.0109. The highest BCUT2D eigenvalue weighted by Gasteiger charge is 2.16. The van der Waals surface area contributed by atoms with E-state index in [1.54, 1.807) is 6.07 Å². The summed E-state index contributed by atoms with van der Waals surface area (Å²) in [5, 5.41) is 2.81. The SMILES string of the molecule is O=C(Nc1ccccc1OCC1CCCCO1)c1ccc(F)cc1. The van der Waals surface area contributed by atoms with Crippen molar-refractivity contribution in [2.24, 2.45) is 0 Å². The molecule has 1 saturated heterocycles. The van der Waals surface area contributed by atoms with E-state index in [1.807, 2.05) is 18.2 Å². The predicted octanol–water partition coefficient (Wildman–Crippen LogP) is 4.03. The van der Waals surface area contributed by atoms with Gasteiger partial charge >= 0.3 is 0 Å². The van der Waals surface area contributed by atoms with Crippen molar-refractivity contribution in [2.45, 2.75) is 25.4 Å². The highest BCUT2D eigenvalue weighted by molar-refractivity contribution is 6.04. The van der Waals surface area contributed by atoms with E-state index >= 15 is 0 Å². The van der Waals surface area contributed by atoms with Crippen LogP contribution in [0.5, 0.6) is 5.75 Å². The number of carbonyl (C=O) groups excluding carboxylic acids is 1. The maximum absolute atomic E-state index is 13.0. The van der Waals surface area contributed by atoms with Gasteiger partial charge in [-0.1, -0.05) is 12.1 Å². The Labute approximate surface area is 140 Å². The van der Waals surface area contributed by atoms with E-state index in [-0.39, 0.29) is 17.8 Å². The first-order valence-electron chi connectivity index (χ1n) is 8.13. The summed E-state index contributed by atoms with van der Waals surface area (Å²) >= 11 is 0. The van der Waals surface area contributed by atoms with Gasteiger partial charge in [0.2, 0.25) is 0 Å². The number of anilines is 1. The van der Waals surface area contributed by atoms with E-state index in [0.29, 0.717) is 23.6 Å². The number of amides is 1. The Hall–Kier alpha value is -2.40. The quantitative estimate of drug-likeness (QED) is 0.901. The van der Waals surface area contributed by atoms with E-state index in [9.17, 15) is 9.18 Å². The number of carbonyl (C=O) groups is 1. The minimum atomic E-state index is -0.372. The van der Waals surface area contributed by atoms with Crippen molar-refractivity contribution in [1.29, 1.82) is 0 Å². The van der Waals surface area contributed by atoms with Gasteiger partial charge in [-0.2, -0.15) is 0 Å². The monoisotopic (exact) mass is 329 g/mol. The third-order valence-electron chi connectivity index (χ3n) is 3.94. The number of para-hydroxylation sites is 2. The second-order valence-corrected chi connectivity index (χ2v) is 5.76. The molecule has 0 bridgehead atoms. The van der Waals surface area contributed by atoms with Gasteiger partial charge in [0.05, 0.1) is 11.8 Å². The number of hydrogen-bond acceptors (Lipinski definition) is 3. The van der Waals surface area contributed by atoms with Gasteiger partial charge in [0, 0.05) is 12.2 Å². The summed E-state index contributed by atoms with van der Waals surface area (Å²) in [5.74, 6) is -0.0788. The smallest absolute Gasteiger partial charge is 0.255 e. The maximum atomic E-state index is 13.0. The molecular formula is C19H20FNO3. The Balaban J connectivity index is 1.64. The topological polar surface area (TPSA) is 47.6 Å². The van der Waals surface area contributed by atoms with Crippen molar-refractivity contribution in [3.05, 3.63) is 59.9 Å². The van der Waals surface area contributed by atoms with E-state index < -0.39 is 0 Å². The molecule has 0 saturated carbocycles.